The van der Waals surface area contributed by atoms with Crippen molar-refractivity contribution in [2.75, 3.05) is 0 Å². The van der Waals surface area contributed by atoms with E-state index in [1.165, 1.54) is 24.3 Å². The van der Waals surface area contributed by atoms with E-state index in [2.05, 4.69) is 43.4 Å². The Labute approximate surface area is 102 Å². The molecule has 0 radical (unpaired) electrons. The molecule has 2 nitrogen and oxygen atoms in total. The average Bonchev–Trinajstić information content (AvgIpc) is 2.96. The minimum atomic E-state index is 0.0643. The Kier molecular flexibility index (Phi) is 3.36. The normalized spacial score (nSPS) is 21.8. The maximum Gasteiger partial charge on any atom is 0.113 e. The van der Waals surface area contributed by atoms with Crippen LogP contribution in [0.3, 0.4) is 0 Å². The molecule has 1 aliphatic rings. The lowest BCUT2D eigenvalue weighted by Gasteiger charge is -2.35. The van der Waals surface area contributed by atoms with Crippen LogP contribution in [-0.2, 0) is 5.54 Å². The van der Waals surface area contributed by atoms with Crippen molar-refractivity contribution in [2.45, 2.75) is 58.5 Å². The number of rotatable bonds is 5. The van der Waals surface area contributed by atoms with Gasteiger partial charge in [-0.25, -0.2) is 4.98 Å². The molecule has 16 heavy (non-hydrogen) atoms. The molecular weight excluding hydrogens is 216 g/mol. The molecule has 2 rings (SSSR count). The summed E-state index contributed by atoms with van der Waals surface area (Å²) in [6.45, 7) is 8.98. The number of hydrogen-bond donors (Lipinski definition) is 1. The summed E-state index contributed by atoms with van der Waals surface area (Å²) in [5.74, 6) is 0.624. The Morgan fingerprint density at radius 2 is 2.31 bits per heavy atom. The first-order valence-corrected chi connectivity index (χ1v) is 7.14. The van der Waals surface area contributed by atoms with Gasteiger partial charge in [-0.3, -0.25) is 0 Å². The largest absolute Gasteiger partial charge is 0.303 e. The molecule has 1 fully saturated rings. The van der Waals surface area contributed by atoms with Crippen LogP contribution >= 0.6 is 11.3 Å². The van der Waals surface area contributed by atoms with Gasteiger partial charge < -0.3 is 5.32 Å². The van der Waals surface area contributed by atoms with E-state index in [4.69, 9.17) is 0 Å². The lowest BCUT2D eigenvalue weighted by molar-refractivity contribution is 0.238. The second kappa shape index (κ2) is 4.46. The van der Waals surface area contributed by atoms with Crippen molar-refractivity contribution in [3.05, 3.63) is 16.1 Å². The molecule has 3 heteroatoms. The number of hydrogen-bond acceptors (Lipinski definition) is 3. The first-order chi connectivity index (χ1) is 7.56. The van der Waals surface area contributed by atoms with E-state index < -0.39 is 0 Å². The third-order valence-corrected chi connectivity index (χ3v) is 4.94. The SMILES string of the molecule is CCC(C)C(C)(NC1CC1)c1nc(C)cs1. The first kappa shape index (κ1) is 12.1. The molecule has 0 bridgehead atoms. The van der Waals surface area contributed by atoms with Crippen molar-refractivity contribution < 1.29 is 0 Å². The zero-order valence-corrected chi connectivity index (χ0v) is 11.5. The summed E-state index contributed by atoms with van der Waals surface area (Å²) >= 11 is 1.80. The molecule has 0 aromatic carbocycles. The Hall–Kier alpha value is -0.410. The summed E-state index contributed by atoms with van der Waals surface area (Å²) < 4.78 is 0. The van der Waals surface area contributed by atoms with Crippen LogP contribution in [0.5, 0.6) is 0 Å². The lowest BCUT2D eigenvalue weighted by atomic mass is 9.85. The van der Waals surface area contributed by atoms with Gasteiger partial charge in [0.1, 0.15) is 5.01 Å². The van der Waals surface area contributed by atoms with Gasteiger partial charge in [0.15, 0.2) is 0 Å². The van der Waals surface area contributed by atoms with Gasteiger partial charge in [0.2, 0.25) is 0 Å². The zero-order chi connectivity index (χ0) is 11.8. The van der Waals surface area contributed by atoms with Crippen LogP contribution in [0.2, 0.25) is 0 Å². The van der Waals surface area contributed by atoms with Gasteiger partial charge in [-0.05, 0) is 32.6 Å². The van der Waals surface area contributed by atoms with E-state index in [-0.39, 0.29) is 5.54 Å². The summed E-state index contributed by atoms with van der Waals surface area (Å²) in [5.41, 5.74) is 1.21. The summed E-state index contributed by atoms with van der Waals surface area (Å²) in [4.78, 5) is 4.69. The quantitative estimate of drug-likeness (QED) is 0.849. The van der Waals surface area contributed by atoms with Crippen LogP contribution in [0.1, 0.15) is 50.7 Å². The summed E-state index contributed by atoms with van der Waals surface area (Å²) in [6, 6.07) is 0.725. The highest BCUT2D eigenvalue weighted by molar-refractivity contribution is 7.09. The highest BCUT2D eigenvalue weighted by Crippen LogP contribution is 2.36. The van der Waals surface area contributed by atoms with E-state index in [0.29, 0.717) is 5.92 Å². The van der Waals surface area contributed by atoms with Gasteiger partial charge in [-0.1, -0.05) is 20.3 Å². The maximum atomic E-state index is 4.69. The summed E-state index contributed by atoms with van der Waals surface area (Å²) in [6.07, 6.45) is 3.85. The van der Waals surface area contributed by atoms with Gasteiger partial charge in [0.05, 0.1) is 5.54 Å². The number of nitrogens with one attached hydrogen (secondary N) is 1. The highest BCUT2D eigenvalue weighted by atomic mass is 32.1. The van der Waals surface area contributed by atoms with E-state index in [0.717, 1.165) is 11.7 Å². The van der Waals surface area contributed by atoms with Gasteiger partial charge in [0, 0.05) is 17.1 Å². The Bertz CT molecular complexity index is 357. The van der Waals surface area contributed by atoms with Crippen molar-refractivity contribution in [3.8, 4) is 0 Å². The summed E-state index contributed by atoms with van der Waals surface area (Å²) in [5, 5.41) is 7.21. The second-order valence-corrected chi connectivity index (χ2v) is 6.08. The highest BCUT2D eigenvalue weighted by Gasteiger charge is 2.39. The minimum absolute atomic E-state index is 0.0643. The van der Waals surface area contributed by atoms with Crippen molar-refractivity contribution in [3.63, 3.8) is 0 Å². The molecule has 0 aliphatic heterocycles. The standard InChI is InChI=1S/C13H22N2S/c1-5-9(2)13(4,15-11-6-7-11)12-14-10(3)8-16-12/h8-9,11,15H,5-7H2,1-4H3. The Balaban J connectivity index is 2.24. The van der Waals surface area contributed by atoms with Gasteiger partial charge >= 0.3 is 0 Å². The molecule has 1 heterocycles. The van der Waals surface area contributed by atoms with E-state index in [9.17, 15) is 0 Å². The van der Waals surface area contributed by atoms with E-state index >= 15 is 0 Å². The van der Waals surface area contributed by atoms with Crippen molar-refractivity contribution >= 4 is 11.3 Å². The van der Waals surface area contributed by atoms with Crippen LogP contribution in [0.25, 0.3) is 0 Å². The molecule has 1 aromatic heterocycles. The van der Waals surface area contributed by atoms with Gasteiger partial charge in [0.25, 0.3) is 0 Å². The van der Waals surface area contributed by atoms with E-state index in [1.807, 2.05) is 0 Å². The Morgan fingerprint density at radius 1 is 1.62 bits per heavy atom. The summed E-state index contributed by atoms with van der Waals surface area (Å²) in [7, 11) is 0. The van der Waals surface area contributed by atoms with E-state index in [1.54, 1.807) is 11.3 Å². The molecule has 2 unspecified atom stereocenters. The average molecular weight is 238 g/mol. The Morgan fingerprint density at radius 3 is 2.75 bits per heavy atom. The van der Waals surface area contributed by atoms with Crippen LogP contribution < -0.4 is 5.32 Å². The van der Waals surface area contributed by atoms with Crippen LogP contribution in [-0.4, -0.2) is 11.0 Å². The van der Waals surface area contributed by atoms with Crippen molar-refractivity contribution in [2.24, 2.45) is 5.92 Å². The molecule has 0 spiro atoms. The number of aromatic nitrogens is 1. The first-order valence-electron chi connectivity index (χ1n) is 6.26. The molecule has 1 aromatic rings. The molecule has 1 N–H and O–H groups in total. The number of thiazole rings is 1. The zero-order valence-electron chi connectivity index (χ0n) is 10.7. The van der Waals surface area contributed by atoms with Crippen molar-refractivity contribution in [1.29, 1.82) is 0 Å². The van der Waals surface area contributed by atoms with Crippen LogP contribution in [0, 0.1) is 12.8 Å². The monoisotopic (exact) mass is 238 g/mol. The number of aryl methyl sites for hydroxylation is 1. The second-order valence-electron chi connectivity index (χ2n) is 5.22. The predicted octanol–water partition coefficient (Wildman–Crippen LogP) is 3.46. The molecular formula is C13H22N2S. The molecule has 0 amide bonds. The van der Waals surface area contributed by atoms with Crippen LogP contribution in [0.4, 0.5) is 0 Å². The van der Waals surface area contributed by atoms with Gasteiger partial charge in [-0.2, -0.15) is 0 Å². The third-order valence-electron chi connectivity index (χ3n) is 3.74. The van der Waals surface area contributed by atoms with Gasteiger partial charge in [-0.15, -0.1) is 11.3 Å². The molecule has 2 atom stereocenters. The number of nitrogens with zero attached hydrogens (tertiary/aromatic N) is 1. The van der Waals surface area contributed by atoms with Crippen molar-refractivity contribution in [1.82, 2.24) is 10.3 Å². The maximum absolute atomic E-state index is 4.69. The topological polar surface area (TPSA) is 24.9 Å². The minimum Gasteiger partial charge on any atom is -0.303 e. The lowest BCUT2D eigenvalue weighted by Crippen LogP contribution is -2.46. The predicted molar refractivity (Wildman–Crippen MR) is 69.8 cm³/mol. The molecule has 1 aliphatic carbocycles. The third kappa shape index (κ3) is 2.30. The van der Waals surface area contributed by atoms with Crippen LogP contribution in [0.15, 0.2) is 5.38 Å². The fourth-order valence-corrected chi connectivity index (χ4v) is 3.10. The molecule has 0 saturated heterocycles. The molecule has 90 valence electrons. The molecule has 1 saturated carbocycles. The smallest absolute Gasteiger partial charge is 0.113 e. The fraction of sp³-hybridized carbons (Fsp3) is 0.769. The fourth-order valence-electron chi connectivity index (χ4n) is 2.07.